The molecule has 0 atom stereocenters. The van der Waals surface area contributed by atoms with Crippen LogP contribution >= 0.6 is 11.3 Å². The molecule has 36 heavy (non-hydrogen) atoms. The van der Waals surface area contributed by atoms with E-state index in [9.17, 15) is 18.3 Å². The van der Waals surface area contributed by atoms with E-state index in [0.29, 0.717) is 25.1 Å². The number of aliphatic hydroxyl groups is 1. The number of aromatic amines is 1. The number of nitrogens with zero attached hydrogens (tertiary/aromatic N) is 2. The van der Waals surface area contributed by atoms with E-state index in [1.165, 1.54) is 24.2 Å². The molecule has 2 aliphatic rings. The number of likely N-dealkylation sites (tertiary alicyclic amines) is 1. The van der Waals surface area contributed by atoms with Gasteiger partial charge in [-0.2, -0.15) is 0 Å². The van der Waals surface area contributed by atoms with Gasteiger partial charge < -0.3 is 20.7 Å². The number of aliphatic hydroxyl groups excluding tert-OH is 1. The summed E-state index contributed by atoms with van der Waals surface area (Å²) in [6, 6.07) is 7.70. The maximum absolute atomic E-state index is 12.9. The van der Waals surface area contributed by atoms with Gasteiger partial charge in [0.1, 0.15) is 0 Å². The van der Waals surface area contributed by atoms with Crippen molar-refractivity contribution in [3.63, 3.8) is 0 Å². The molecule has 2 aromatic heterocycles. The van der Waals surface area contributed by atoms with E-state index in [0.717, 1.165) is 64.3 Å². The monoisotopic (exact) mass is 530 g/mol. The van der Waals surface area contributed by atoms with E-state index < -0.39 is 15.9 Å². The number of sulfonamides is 1. The number of H-pyrrole nitrogens is 1. The second-order valence-corrected chi connectivity index (χ2v) is 13.1. The van der Waals surface area contributed by atoms with Gasteiger partial charge in [-0.3, -0.25) is 4.79 Å². The van der Waals surface area contributed by atoms with Gasteiger partial charge >= 0.3 is 0 Å². The Hall–Kier alpha value is -2.24. The Balaban J connectivity index is 1.32. The number of benzene rings is 1. The molecule has 0 bridgehead atoms. The molecule has 1 aromatic carbocycles. The van der Waals surface area contributed by atoms with Gasteiger partial charge in [0.15, 0.2) is 0 Å². The third kappa shape index (κ3) is 5.24. The summed E-state index contributed by atoms with van der Waals surface area (Å²) in [5.41, 5.74) is 8.86. The smallest absolute Gasteiger partial charge is 0.250 e. The number of primary amides is 1. The molecule has 4 heterocycles. The molecule has 5 rings (SSSR count). The SMILES string of the molecule is NC(=O)c1cc(-c2ccc(CO)s2)cc2c(C3CCN(S(=O)(=O)CCCN4CCCC4)CC3)c[nH]c12. The van der Waals surface area contributed by atoms with Crippen molar-refractivity contribution in [2.75, 3.05) is 38.5 Å². The van der Waals surface area contributed by atoms with E-state index in [1.54, 1.807) is 10.4 Å². The molecular weight excluding hydrogens is 496 g/mol. The van der Waals surface area contributed by atoms with Gasteiger partial charge in [0.2, 0.25) is 10.0 Å². The first-order valence-corrected chi connectivity index (χ1v) is 15.1. The molecule has 0 saturated carbocycles. The fourth-order valence-electron chi connectivity index (χ4n) is 5.60. The van der Waals surface area contributed by atoms with Gasteiger partial charge in [-0.25, -0.2) is 12.7 Å². The number of fused-ring (bicyclic) bond motifs is 1. The highest BCUT2D eigenvalue weighted by molar-refractivity contribution is 7.89. The summed E-state index contributed by atoms with van der Waals surface area (Å²) >= 11 is 1.49. The third-order valence-electron chi connectivity index (χ3n) is 7.55. The van der Waals surface area contributed by atoms with Crippen molar-refractivity contribution in [2.24, 2.45) is 5.73 Å². The third-order valence-corrected chi connectivity index (χ3v) is 10.6. The Morgan fingerprint density at radius 1 is 1.14 bits per heavy atom. The number of aromatic nitrogens is 1. The second kappa shape index (κ2) is 10.6. The first-order valence-electron chi connectivity index (χ1n) is 12.7. The van der Waals surface area contributed by atoms with Crippen LogP contribution in [0.5, 0.6) is 0 Å². The minimum Gasteiger partial charge on any atom is -0.391 e. The minimum atomic E-state index is -3.25. The van der Waals surface area contributed by atoms with Crippen molar-refractivity contribution < 1.29 is 18.3 Å². The molecule has 0 aliphatic carbocycles. The highest BCUT2D eigenvalue weighted by Crippen LogP contribution is 2.38. The molecule has 0 spiro atoms. The van der Waals surface area contributed by atoms with Gasteiger partial charge in [0, 0.05) is 34.4 Å². The standard InChI is InChI=1S/C26H34N4O4S2/c27-26(32)22-15-19(24-5-4-20(17-31)35-24)14-21-23(16-28-25(21)22)18-6-11-30(12-7-18)36(33,34)13-3-10-29-8-1-2-9-29/h4-5,14-16,18,28,31H,1-3,6-13,17H2,(H2,27,32). The van der Waals surface area contributed by atoms with Crippen LogP contribution in [0, 0.1) is 0 Å². The number of thiophene rings is 1. The van der Waals surface area contributed by atoms with Crippen LogP contribution in [0.25, 0.3) is 21.3 Å². The first kappa shape index (κ1) is 25.4. The summed E-state index contributed by atoms with van der Waals surface area (Å²) in [4.78, 5) is 19.7. The van der Waals surface area contributed by atoms with E-state index in [2.05, 4.69) is 16.0 Å². The lowest BCUT2D eigenvalue weighted by molar-refractivity contribution is 0.100. The van der Waals surface area contributed by atoms with Crippen molar-refractivity contribution in [2.45, 2.75) is 44.6 Å². The van der Waals surface area contributed by atoms with E-state index >= 15 is 0 Å². The van der Waals surface area contributed by atoms with Crippen molar-refractivity contribution in [1.29, 1.82) is 0 Å². The number of hydrogen-bond donors (Lipinski definition) is 3. The Kier molecular flexibility index (Phi) is 7.50. The molecule has 2 fully saturated rings. The minimum absolute atomic E-state index is 0.0231. The fraction of sp³-hybridized carbons (Fsp3) is 0.500. The quantitative estimate of drug-likeness (QED) is 0.391. The predicted octanol–water partition coefficient (Wildman–Crippen LogP) is 3.48. The Morgan fingerprint density at radius 3 is 2.56 bits per heavy atom. The maximum Gasteiger partial charge on any atom is 0.250 e. The Labute approximate surface area is 216 Å². The normalized spacial score (nSPS) is 18.4. The average Bonchev–Trinajstić information content (AvgIpc) is 3.64. The van der Waals surface area contributed by atoms with Crippen molar-refractivity contribution in [3.05, 3.63) is 46.5 Å². The summed E-state index contributed by atoms with van der Waals surface area (Å²) < 4.78 is 27.5. The van der Waals surface area contributed by atoms with Crippen LogP contribution in [0.15, 0.2) is 30.5 Å². The van der Waals surface area contributed by atoms with Crippen LogP contribution in [0.3, 0.4) is 0 Å². The molecule has 8 nitrogen and oxygen atoms in total. The van der Waals surface area contributed by atoms with Crippen molar-refractivity contribution in [3.8, 4) is 10.4 Å². The van der Waals surface area contributed by atoms with Crippen LogP contribution < -0.4 is 5.73 Å². The largest absolute Gasteiger partial charge is 0.391 e. The molecular formula is C26H34N4O4S2. The molecule has 194 valence electrons. The Morgan fingerprint density at radius 2 is 1.89 bits per heavy atom. The number of carbonyl (C=O) groups is 1. The van der Waals surface area contributed by atoms with Crippen molar-refractivity contribution in [1.82, 2.24) is 14.2 Å². The van der Waals surface area contributed by atoms with Crippen LogP contribution in [-0.2, 0) is 16.6 Å². The average molecular weight is 531 g/mol. The van der Waals surface area contributed by atoms with Crippen molar-refractivity contribution >= 4 is 38.2 Å². The lowest BCUT2D eigenvalue weighted by Gasteiger charge is -2.31. The van der Waals surface area contributed by atoms with Crippen LogP contribution in [0.1, 0.15) is 58.8 Å². The van der Waals surface area contributed by atoms with Gasteiger partial charge in [0.05, 0.1) is 23.4 Å². The van der Waals surface area contributed by atoms with E-state index in [1.807, 2.05) is 18.3 Å². The molecule has 1 amide bonds. The zero-order chi connectivity index (χ0) is 25.3. The van der Waals surface area contributed by atoms with Crippen LogP contribution in [-0.4, -0.2) is 72.1 Å². The molecule has 4 N–H and O–H groups in total. The Bertz CT molecular complexity index is 1330. The summed E-state index contributed by atoms with van der Waals surface area (Å²) in [5.74, 6) is -0.0883. The highest BCUT2D eigenvalue weighted by atomic mass is 32.2. The predicted molar refractivity (Wildman–Crippen MR) is 144 cm³/mol. The van der Waals surface area contributed by atoms with E-state index in [4.69, 9.17) is 5.73 Å². The molecule has 3 aromatic rings. The van der Waals surface area contributed by atoms with Crippen LogP contribution in [0.4, 0.5) is 0 Å². The highest BCUT2D eigenvalue weighted by Gasteiger charge is 2.30. The number of hydrogen-bond acceptors (Lipinski definition) is 6. The number of nitrogens with one attached hydrogen (secondary N) is 1. The molecule has 0 radical (unpaired) electrons. The zero-order valence-corrected chi connectivity index (χ0v) is 22.0. The number of piperidine rings is 1. The van der Waals surface area contributed by atoms with E-state index in [-0.39, 0.29) is 18.3 Å². The topological polar surface area (TPSA) is 120 Å². The second-order valence-electron chi connectivity index (χ2n) is 9.87. The molecule has 2 saturated heterocycles. The van der Waals surface area contributed by atoms with Crippen LogP contribution in [0.2, 0.25) is 0 Å². The number of nitrogens with two attached hydrogens (primary N) is 1. The lowest BCUT2D eigenvalue weighted by atomic mass is 9.89. The lowest BCUT2D eigenvalue weighted by Crippen LogP contribution is -2.39. The number of rotatable bonds is 9. The first-order chi connectivity index (χ1) is 17.4. The number of carbonyl (C=O) groups excluding carboxylic acids is 1. The molecule has 10 heteroatoms. The summed E-state index contributed by atoms with van der Waals surface area (Å²) in [6.45, 7) is 4.03. The van der Waals surface area contributed by atoms with Gasteiger partial charge in [-0.05, 0) is 93.0 Å². The summed E-state index contributed by atoms with van der Waals surface area (Å²) in [6.07, 6.45) is 6.54. The molecule has 0 unspecified atom stereocenters. The fourth-order valence-corrected chi connectivity index (χ4v) is 7.97. The number of amides is 1. The summed E-state index contributed by atoms with van der Waals surface area (Å²) in [7, 11) is -3.25. The summed E-state index contributed by atoms with van der Waals surface area (Å²) in [5, 5.41) is 10.4. The maximum atomic E-state index is 12.9. The zero-order valence-electron chi connectivity index (χ0n) is 20.4. The van der Waals surface area contributed by atoms with Gasteiger partial charge in [-0.15, -0.1) is 11.3 Å². The van der Waals surface area contributed by atoms with Gasteiger partial charge in [-0.1, -0.05) is 0 Å². The molecule has 2 aliphatic heterocycles. The van der Waals surface area contributed by atoms with Gasteiger partial charge in [0.25, 0.3) is 5.91 Å².